The monoisotopic (exact) mass is 290 g/mol. The smallest absolute Gasteiger partial charge is 0.402 e. The van der Waals surface area contributed by atoms with E-state index in [9.17, 15) is 26.4 Å². The van der Waals surface area contributed by atoms with Crippen LogP contribution in [-0.4, -0.2) is 49.6 Å². The van der Waals surface area contributed by atoms with Crippen LogP contribution in [0.3, 0.4) is 0 Å². The van der Waals surface area contributed by atoms with Crippen LogP contribution in [0.25, 0.3) is 0 Å². The van der Waals surface area contributed by atoms with Gasteiger partial charge in [-0.2, -0.15) is 30.6 Å². The number of carboxylic acids is 1. The fourth-order valence-corrected chi connectivity index (χ4v) is 2.90. The summed E-state index contributed by atoms with van der Waals surface area (Å²) >= 11 is 0. The molecule has 0 aromatic heterocycles. The summed E-state index contributed by atoms with van der Waals surface area (Å²) in [6.07, 6.45) is -4.01. The molecule has 1 fully saturated rings. The Labute approximate surface area is 102 Å². The van der Waals surface area contributed by atoms with Gasteiger partial charge in [0.25, 0.3) is 10.2 Å². The van der Waals surface area contributed by atoms with Crippen molar-refractivity contribution in [2.24, 2.45) is 5.92 Å². The van der Waals surface area contributed by atoms with E-state index in [1.165, 1.54) is 4.72 Å². The number of halogens is 3. The maximum atomic E-state index is 11.9. The summed E-state index contributed by atoms with van der Waals surface area (Å²) in [6.45, 7) is -1.94. The Morgan fingerprint density at radius 3 is 2.56 bits per heavy atom. The first-order valence-electron chi connectivity index (χ1n) is 5.16. The third-order valence-electron chi connectivity index (χ3n) is 2.53. The lowest BCUT2D eigenvalue weighted by Crippen LogP contribution is -2.49. The minimum Gasteiger partial charge on any atom is -0.481 e. The summed E-state index contributed by atoms with van der Waals surface area (Å²) in [6, 6.07) is 0. The maximum absolute atomic E-state index is 11.9. The van der Waals surface area contributed by atoms with Crippen LogP contribution < -0.4 is 4.72 Å². The second-order valence-electron chi connectivity index (χ2n) is 3.98. The summed E-state index contributed by atoms with van der Waals surface area (Å²) in [5.41, 5.74) is 0. The Balaban J connectivity index is 2.64. The van der Waals surface area contributed by atoms with Crippen molar-refractivity contribution < 1.29 is 31.5 Å². The fraction of sp³-hybridized carbons (Fsp3) is 0.875. The number of carboxylic acid groups (broad SMARTS) is 1. The number of rotatable bonds is 4. The average molecular weight is 290 g/mol. The molecule has 106 valence electrons. The van der Waals surface area contributed by atoms with E-state index in [1.54, 1.807) is 0 Å². The summed E-state index contributed by atoms with van der Waals surface area (Å²) in [5, 5.41) is 8.76. The summed E-state index contributed by atoms with van der Waals surface area (Å²) in [5.74, 6) is -2.02. The van der Waals surface area contributed by atoms with E-state index < -0.39 is 34.8 Å². The van der Waals surface area contributed by atoms with Crippen LogP contribution in [-0.2, 0) is 15.0 Å². The van der Waals surface area contributed by atoms with Crippen molar-refractivity contribution in [3.8, 4) is 0 Å². The molecule has 1 unspecified atom stereocenters. The minimum atomic E-state index is -4.64. The van der Waals surface area contributed by atoms with E-state index >= 15 is 0 Å². The van der Waals surface area contributed by atoms with Crippen LogP contribution in [0.4, 0.5) is 13.2 Å². The van der Waals surface area contributed by atoms with Crippen LogP contribution >= 0.6 is 0 Å². The molecular formula is C8H13F3N2O4S. The zero-order valence-corrected chi connectivity index (χ0v) is 10.1. The molecule has 2 N–H and O–H groups in total. The van der Waals surface area contributed by atoms with E-state index in [0.29, 0.717) is 12.8 Å². The number of nitrogens with one attached hydrogen (secondary N) is 1. The number of hydrogen-bond donors (Lipinski definition) is 2. The lowest BCUT2D eigenvalue weighted by molar-refractivity contribution is -0.143. The molecule has 0 aliphatic carbocycles. The summed E-state index contributed by atoms with van der Waals surface area (Å²) < 4.78 is 60.9. The van der Waals surface area contributed by atoms with Gasteiger partial charge < -0.3 is 5.11 Å². The highest BCUT2D eigenvalue weighted by Crippen LogP contribution is 2.19. The molecule has 0 spiro atoms. The second-order valence-corrected chi connectivity index (χ2v) is 5.73. The van der Waals surface area contributed by atoms with Gasteiger partial charge in [-0.1, -0.05) is 0 Å². The highest BCUT2D eigenvalue weighted by atomic mass is 32.2. The van der Waals surface area contributed by atoms with Gasteiger partial charge in [0.15, 0.2) is 0 Å². The standard InChI is InChI=1S/C8H13F3N2O4S/c9-8(10,11)5-12-18(16,17)13-3-1-2-6(4-13)7(14)15/h6,12H,1-5H2,(H,14,15). The molecule has 0 radical (unpaired) electrons. The first-order valence-corrected chi connectivity index (χ1v) is 6.60. The van der Waals surface area contributed by atoms with Crippen LogP contribution in [0.5, 0.6) is 0 Å². The number of carbonyl (C=O) groups is 1. The molecule has 10 heteroatoms. The lowest BCUT2D eigenvalue weighted by Gasteiger charge is -2.29. The Morgan fingerprint density at radius 2 is 2.06 bits per heavy atom. The molecule has 1 aliphatic rings. The third-order valence-corrected chi connectivity index (χ3v) is 4.05. The Kier molecular flexibility index (Phi) is 4.56. The molecule has 0 bridgehead atoms. The van der Waals surface area contributed by atoms with Crippen molar-refractivity contribution in [2.75, 3.05) is 19.6 Å². The van der Waals surface area contributed by atoms with Gasteiger partial charge in [-0.25, -0.2) is 0 Å². The number of piperidine rings is 1. The highest BCUT2D eigenvalue weighted by Gasteiger charge is 2.35. The molecule has 1 atom stereocenters. The van der Waals surface area contributed by atoms with Gasteiger partial charge in [0.2, 0.25) is 0 Å². The number of nitrogens with zero attached hydrogens (tertiary/aromatic N) is 1. The molecule has 1 heterocycles. The molecule has 1 saturated heterocycles. The largest absolute Gasteiger partial charge is 0.481 e. The van der Waals surface area contributed by atoms with E-state index in [2.05, 4.69) is 0 Å². The zero-order chi connectivity index (χ0) is 14.0. The summed E-state index contributed by atoms with van der Waals surface area (Å²) in [4.78, 5) is 10.7. The van der Waals surface area contributed by atoms with E-state index in [1.807, 2.05) is 0 Å². The highest BCUT2D eigenvalue weighted by molar-refractivity contribution is 7.87. The Bertz CT molecular complexity index is 409. The van der Waals surface area contributed by atoms with Gasteiger partial charge in [-0.05, 0) is 12.8 Å². The average Bonchev–Trinajstić information content (AvgIpc) is 2.26. The maximum Gasteiger partial charge on any atom is 0.402 e. The van der Waals surface area contributed by atoms with E-state index in [4.69, 9.17) is 5.11 Å². The molecule has 6 nitrogen and oxygen atoms in total. The Morgan fingerprint density at radius 1 is 1.44 bits per heavy atom. The van der Waals surface area contributed by atoms with Crippen molar-refractivity contribution in [3.63, 3.8) is 0 Å². The van der Waals surface area contributed by atoms with Gasteiger partial charge >= 0.3 is 12.1 Å². The van der Waals surface area contributed by atoms with E-state index in [-0.39, 0.29) is 13.1 Å². The summed E-state index contributed by atoms with van der Waals surface area (Å²) in [7, 11) is -4.28. The molecular weight excluding hydrogens is 277 g/mol. The number of aliphatic carboxylic acids is 1. The third kappa shape index (κ3) is 4.42. The lowest BCUT2D eigenvalue weighted by atomic mass is 10.0. The van der Waals surface area contributed by atoms with Crippen LogP contribution in [0.15, 0.2) is 0 Å². The normalized spacial score (nSPS) is 22.9. The van der Waals surface area contributed by atoms with Crippen molar-refractivity contribution in [1.82, 2.24) is 9.03 Å². The van der Waals surface area contributed by atoms with Crippen LogP contribution in [0, 0.1) is 5.92 Å². The zero-order valence-electron chi connectivity index (χ0n) is 9.27. The van der Waals surface area contributed by atoms with Crippen molar-refractivity contribution >= 4 is 16.2 Å². The van der Waals surface area contributed by atoms with Crippen molar-refractivity contribution in [1.29, 1.82) is 0 Å². The minimum absolute atomic E-state index is 0.0248. The van der Waals surface area contributed by atoms with Gasteiger partial charge in [0.1, 0.15) is 6.54 Å². The molecule has 0 aromatic carbocycles. The SMILES string of the molecule is O=C(O)C1CCCN(S(=O)(=O)NCC(F)(F)F)C1. The molecule has 0 aromatic rings. The molecule has 1 aliphatic heterocycles. The van der Waals surface area contributed by atoms with Gasteiger partial charge in [0, 0.05) is 13.1 Å². The number of alkyl halides is 3. The second kappa shape index (κ2) is 5.41. The molecule has 0 amide bonds. The quantitative estimate of drug-likeness (QED) is 0.773. The van der Waals surface area contributed by atoms with Crippen LogP contribution in [0.2, 0.25) is 0 Å². The van der Waals surface area contributed by atoms with Gasteiger partial charge in [0.05, 0.1) is 5.92 Å². The van der Waals surface area contributed by atoms with Crippen molar-refractivity contribution in [3.05, 3.63) is 0 Å². The topological polar surface area (TPSA) is 86.7 Å². The first-order chi connectivity index (χ1) is 8.12. The van der Waals surface area contributed by atoms with Gasteiger partial charge in [-0.3, -0.25) is 4.79 Å². The Hall–Kier alpha value is -0.870. The van der Waals surface area contributed by atoms with Gasteiger partial charge in [-0.15, -0.1) is 0 Å². The van der Waals surface area contributed by atoms with Crippen LogP contribution in [0.1, 0.15) is 12.8 Å². The van der Waals surface area contributed by atoms with E-state index in [0.717, 1.165) is 4.31 Å². The first kappa shape index (κ1) is 15.2. The predicted octanol–water partition coefficient (Wildman–Crippen LogP) is 0.180. The molecule has 1 rings (SSSR count). The molecule has 0 saturated carbocycles. The molecule has 18 heavy (non-hydrogen) atoms. The van der Waals surface area contributed by atoms with Crippen molar-refractivity contribution in [2.45, 2.75) is 19.0 Å². The predicted molar refractivity (Wildman–Crippen MR) is 54.9 cm³/mol. The fourth-order valence-electron chi connectivity index (χ4n) is 1.63. The number of hydrogen-bond acceptors (Lipinski definition) is 3.